The highest BCUT2D eigenvalue weighted by molar-refractivity contribution is 7.91. The van der Waals surface area contributed by atoms with Crippen LogP contribution in [0, 0.1) is 0 Å². The highest BCUT2D eigenvalue weighted by Crippen LogP contribution is 2.21. The Morgan fingerprint density at radius 1 is 1.53 bits per heavy atom. The van der Waals surface area contributed by atoms with Crippen LogP contribution in [0.3, 0.4) is 0 Å². The second-order valence-corrected chi connectivity index (χ2v) is 7.09. The quantitative estimate of drug-likeness (QED) is 0.876. The molecule has 2 rings (SSSR count). The highest BCUT2D eigenvalue weighted by Gasteiger charge is 2.25. The van der Waals surface area contributed by atoms with Crippen molar-refractivity contribution in [3.8, 4) is 0 Å². The third-order valence-corrected chi connectivity index (χ3v) is 5.02. The van der Waals surface area contributed by atoms with Gasteiger partial charge in [0.2, 0.25) is 0 Å². The molecule has 104 valence electrons. The van der Waals surface area contributed by atoms with Crippen molar-refractivity contribution in [1.29, 1.82) is 0 Å². The maximum absolute atomic E-state index is 11.5. The van der Waals surface area contributed by atoms with Crippen LogP contribution in [-0.2, 0) is 9.84 Å². The maximum atomic E-state index is 11.5. The molecular formula is C11H13ClN2O4S. The lowest BCUT2D eigenvalue weighted by Crippen LogP contribution is -2.35. The number of halogens is 1. The van der Waals surface area contributed by atoms with Gasteiger partial charge >= 0.3 is 5.97 Å². The average molecular weight is 305 g/mol. The third-order valence-electron chi connectivity index (χ3n) is 2.90. The largest absolute Gasteiger partial charge is 0.478 e. The van der Waals surface area contributed by atoms with Crippen LogP contribution in [0.25, 0.3) is 0 Å². The van der Waals surface area contributed by atoms with Crippen LogP contribution in [-0.4, -0.2) is 42.0 Å². The van der Waals surface area contributed by atoms with E-state index in [-0.39, 0.29) is 28.1 Å². The molecule has 1 aromatic heterocycles. The van der Waals surface area contributed by atoms with Gasteiger partial charge in [0.05, 0.1) is 22.1 Å². The summed E-state index contributed by atoms with van der Waals surface area (Å²) in [6, 6.07) is 1.07. The molecule has 1 fully saturated rings. The highest BCUT2D eigenvalue weighted by atomic mass is 35.5. The molecule has 1 saturated heterocycles. The number of aromatic nitrogens is 1. The van der Waals surface area contributed by atoms with Crippen molar-refractivity contribution in [3.05, 3.63) is 22.8 Å². The van der Waals surface area contributed by atoms with Crippen molar-refractivity contribution >= 4 is 33.2 Å². The molecule has 2 N–H and O–H groups in total. The van der Waals surface area contributed by atoms with E-state index in [9.17, 15) is 13.2 Å². The Balaban J connectivity index is 2.15. The van der Waals surface area contributed by atoms with Gasteiger partial charge in [-0.05, 0) is 18.9 Å². The Hall–Kier alpha value is -1.34. The molecule has 0 bridgehead atoms. The predicted octanol–water partition coefficient (Wildman–Crippen LogP) is 1.42. The number of anilines is 1. The third kappa shape index (κ3) is 3.57. The molecule has 6 nitrogen and oxygen atoms in total. The molecule has 1 aliphatic heterocycles. The fourth-order valence-corrected chi connectivity index (χ4v) is 3.85. The van der Waals surface area contributed by atoms with Crippen molar-refractivity contribution in [3.63, 3.8) is 0 Å². The van der Waals surface area contributed by atoms with Crippen molar-refractivity contribution in [2.24, 2.45) is 0 Å². The number of carboxylic acid groups (broad SMARTS) is 1. The average Bonchev–Trinajstić information content (AvgIpc) is 2.30. The zero-order valence-corrected chi connectivity index (χ0v) is 11.5. The summed E-state index contributed by atoms with van der Waals surface area (Å²) in [5.41, 5.74) is -0.0576. The molecule has 1 atom stereocenters. The standard InChI is InChI=1S/C11H13ClN2O4S/c12-9-5-13-10(4-8(9)11(15)16)14-7-2-1-3-19(17,18)6-7/h4-5,7H,1-3,6H2,(H,13,14)(H,15,16). The van der Waals surface area contributed by atoms with Crippen molar-refractivity contribution in [2.45, 2.75) is 18.9 Å². The second-order valence-electron chi connectivity index (χ2n) is 4.45. The number of hydrogen-bond donors (Lipinski definition) is 2. The van der Waals surface area contributed by atoms with Gasteiger partial charge in [0.25, 0.3) is 0 Å². The van der Waals surface area contributed by atoms with Crippen LogP contribution in [0.15, 0.2) is 12.3 Å². The second kappa shape index (κ2) is 5.34. The number of carboxylic acids is 1. The predicted molar refractivity (Wildman–Crippen MR) is 71.5 cm³/mol. The van der Waals surface area contributed by atoms with E-state index in [2.05, 4.69) is 10.3 Å². The van der Waals surface area contributed by atoms with E-state index >= 15 is 0 Å². The molecule has 0 saturated carbocycles. The number of nitrogens with one attached hydrogen (secondary N) is 1. The lowest BCUT2D eigenvalue weighted by Gasteiger charge is -2.23. The van der Waals surface area contributed by atoms with Gasteiger partial charge in [-0.1, -0.05) is 11.6 Å². The molecule has 1 unspecified atom stereocenters. The Kier molecular flexibility index (Phi) is 3.96. The summed E-state index contributed by atoms with van der Waals surface area (Å²) >= 11 is 5.71. The molecule has 1 aromatic rings. The zero-order chi connectivity index (χ0) is 14.0. The topological polar surface area (TPSA) is 96.4 Å². The summed E-state index contributed by atoms with van der Waals surface area (Å²) in [6.07, 6.45) is 2.55. The minimum atomic E-state index is -3.02. The van der Waals surface area contributed by atoms with Gasteiger partial charge in [0.15, 0.2) is 9.84 Å². The first-order chi connectivity index (χ1) is 8.87. The molecule has 2 heterocycles. The molecule has 0 aromatic carbocycles. The monoisotopic (exact) mass is 304 g/mol. The van der Waals surface area contributed by atoms with Crippen molar-refractivity contribution < 1.29 is 18.3 Å². The Morgan fingerprint density at radius 3 is 2.89 bits per heavy atom. The van der Waals surface area contributed by atoms with E-state index in [0.717, 1.165) is 0 Å². The van der Waals surface area contributed by atoms with Gasteiger partial charge in [-0.3, -0.25) is 0 Å². The minimum absolute atomic E-state index is 0.0414. The fraction of sp³-hybridized carbons (Fsp3) is 0.455. The summed E-state index contributed by atoms with van der Waals surface area (Å²) in [4.78, 5) is 14.9. The SMILES string of the molecule is O=C(O)c1cc(NC2CCCS(=O)(=O)C2)ncc1Cl. The van der Waals surface area contributed by atoms with E-state index < -0.39 is 15.8 Å². The van der Waals surface area contributed by atoms with Gasteiger partial charge < -0.3 is 10.4 Å². The number of rotatable bonds is 3. The normalized spacial score (nSPS) is 21.8. The van der Waals surface area contributed by atoms with Crippen LogP contribution >= 0.6 is 11.6 Å². The molecule has 0 amide bonds. The number of aromatic carboxylic acids is 1. The van der Waals surface area contributed by atoms with Crippen LogP contribution in [0.5, 0.6) is 0 Å². The summed E-state index contributed by atoms with van der Waals surface area (Å²) in [7, 11) is -3.02. The number of nitrogens with zero attached hydrogens (tertiary/aromatic N) is 1. The van der Waals surface area contributed by atoms with Crippen molar-refractivity contribution in [1.82, 2.24) is 4.98 Å². The minimum Gasteiger partial charge on any atom is -0.478 e. The smallest absolute Gasteiger partial charge is 0.337 e. The van der Waals surface area contributed by atoms with E-state index in [1.165, 1.54) is 12.3 Å². The first-order valence-corrected chi connectivity index (χ1v) is 7.93. The van der Waals surface area contributed by atoms with Gasteiger partial charge in [0, 0.05) is 12.2 Å². The number of pyridine rings is 1. The van der Waals surface area contributed by atoms with E-state index in [0.29, 0.717) is 18.7 Å². The summed E-state index contributed by atoms with van der Waals surface area (Å²) < 4.78 is 23.0. The van der Waals surface area contributed by atoms with Crippen LogP contribution in [0.1, 0.15) is 23.2 Å². The lowest BCUT2D eigenvalue weighted by molar-refractivity contribution is 0.0697. The molecule has 0 radical (unpaired) electrons. The fourth-order valence-electron chi connectivity index (χ4n) is 2.03. The first kappa shape index (κ1) is 14.1. The molecular weight excluding hydrogens is 292 g/mol. The molecule has 1 aliphatic rings. The van der Waals surface area contributed by atoms with E-state index in [4.69, 9.17) is 16.7 Å². The molecule has 19 heavy (non-hydrogen) atoms. The molecule has 0 spiro atoms. The van der Waals surface area contributed by atoms with Gasteiger partial charge in [0.1, 0.15) is 5.82 Å². The summed E-state index contributed by atoms with van der Waals surface area (Å²) in [5, 5.41) is 11.9. The summed E-state index contributed by atoms with van der Waals surface area (Å²) in [5.74, 6) is -0.574. The number of carbonyl (C=O) groups is 1. The van der Waals surface area contributed by atoms with Gasteiger partial charge in [-0.2, -0.15) is 0 Å². The van der Waals surface area contributed by atoms with Crippen LogP contribution in [0.4, 0.5) is 5.82 Å². The summed E-state index contributed by atoms with van der Waals surface area (Å²) in [6.45, 7) is 0. The van der Waals surface area contributed by atoms with E-state index in [1.54, 1.807) is 0 Å². The maximum Gasteiger partial charge on any atom is 0.337 e. The number of hydrogen-bond acceptors (Lipinski definition) is 5. The Labute approximate surface area is 115 Å². The zero-order valence-electron chi connectivity index (χ0n) is 9.97. The van der Waals surface area contributed by atoms with Gasteiger partial charge in [-0.15, -0.1) is 0 Å². The Morgan fingerprint density at radius 2 is 2.26 bits per heavy atom. The van der Waals surface area contributed by atoms with Crippen LogP contribution < -0.4 is 5.32 Å². The first-order valence-electron chi connectivity index (χ1n) is 5.73. The molecule has 0 aliphatic carbocycles. The Bertz CT molecular complexity index is 603. The van der Waals surface area contributed by atoms with Crippen LogP contribution in [0.2, 0.25) is 5.02 Å². The van der Waals surface area contributed by atoms with Crippen molar-refractivity contribution in [2.75, 3.05) is 16.8 Å². The lowest BCUT2D eigenvalue weighted by atomic mass is 10.2. The molecule has 8 heteroatoms. The number of sulfone groups is 1. The van der Waals surface area contributed by atoms with Gasteiger partial charge in [-0.25, -0.2) is 18.2 Å². The van der Waals surface area contributed by atoms with E-state index in [1.807, 2.05) is 0 Å².